The molecule has 0 radical (unpaired) electrons. The van der Waals surface area contributed by atoms with Crippen LogP contribution in [-0.4, -0.2) is 10.9 Å². The molecule has 20 heavy (non-hydrogen) atoms. The van der Waals surface area contributed by atoms with Gasteiger partial charge in [-0.25, -0.2) is 15.2 Å². The molecule has 5 nitrogen and oxygen atoms in total. The molecule has 0 saturated heterocycles. The van der Waals surface area contributed by atoms with E-state index in [0.717, 1.165) is 5.56 Å². The van der Waals surface area contributed by atoms with Crippen LogP contribution in [0.4, 0.5) is 15.9 Å². The Kier molecular flexibility index (Phi) is 4.16. The van der Waals surface area contributed by atoms with Crippen molar-refractivity contribution in [2.24, 2.45) is 5.84 Å². The van der Waals surface area contributed by atoms with Gasteiger partial charge in [0, 0.05) is 0 Å². The van der Waals surface area contributed by atoms with Gasteiger partial charge in [0.1, 0.15) is 17.3 Å². The fourth-order valence-corrected chi connectivity index (χ4v) is 1.78. The Morgan fingerprint density at radius 2 is 2.10 bits per heavy atom. The van der Waals surface area contributed by atoms with Gasteiger partial charge in [-0.2, -0.15) is 0 Å². The fourth-order valence-electron chi connectivity index (χ4n) is 1.58. The van der Waals surface area contributed by atoms with Crippen LogP contribution in [0.5, 0.6) is 0 Å². The molecule has 1 amide bonds. The van der Waals surface area contributed by atoms with E-state index < -0.39 is 11.7 Å². The molecular weight excluding hydrogens is 283 g/mol. The van der Waals surface area contributed by atoms with Gasteiger partial charge < -0.3 is 10.7 Å². The van der Waals surface area contributed by atoms with Gasteiger partial charge in [-0.05, 0) is 36.8 Å². The molecule has 0 aliphatic rings. The van der Waals surface area contributed by atoms with Crippen LogP contribution in [0.1, 0.15) is 16.1 Å². The van der Waals surface area contributed by atoms with E-state index in [1.54, 1.807) is 13.0 Å². The second kappa shape index (κ2) is 5.85. The Labute approximate surface area is 119 Å². The van der Waals surface area contributed by atoms with Crippen LogP contribution in [0.25, 0.3) is 0 Å². The number of nitrogens with two attached hydrogens (primary N) is 1. The fraction of sp³-hybridized carbons (Fsp3) is 0.0769. The number of carbonyl (C=O) groups is 1. The lowest BCUT2D eigenvalue weighted by Crippen LogP contribution is -2.17. The van der Waals surface area contributed by atoms with Crippen LogP contribution < -0.4 is 16.6 Å². The number of hydrogen-bond donors (Lipinski definition) is 3. The minimum atomic E-state index is -0.616. The second-order valence-electron chi connectivity index (χ2n) is 4.11. The van der Waals surface area contributed by atoms with Crippen LogP contribution in [-0.2, 0) is 0 Å². The summed E-state index contributed by atoms with van der Waals surface area (Å²) in [6.45, 7) is 1.75. The average molecular weight is 295 g/mol. The van der Waals surface area contributed by atoms with Crippen molar-refractivity contribution in [1.29, 1.82) is 0 Å². The summed E-state index contributed by atoms with van der Waals surface area (Å²) < 4.78 is 13.7. The summed E-state index contributed by atoms with van der Waals surface area (Å²) in [7, 11) is 0. The standard InChI is InChI=1S/C13H12ClFN4O/c1-7-2-4-10(9(15)6-7)17-13(20)12-8(14)3-5-11(18-12)19-16/h2-6H,16H2,1H3,(H,17,20)(H,18,19). The van der Waals surface area contributed by atoms with Gasteiger partial charge in [-0.1, -0.05) is 17.7 Å². The first kappa shape index (κ1) is 14.2. The Hall–Kier alpha value is -2.18. The third-order valence-electron chi connectivity index (χ3n) is 2.58. The lowest BCUT2D eigenvalue weighted by atomic mass is 10.2. The van der Waals surface area contributed by atoms with Gasteiger partial charge in [0.15, 0.2) is 0 Å². The molecule has 4 N–H and O–H groups in total. The highest BCUT2D eigenvalue weighted by molar-refractivity contribution is 6.34. The first-order valence-corrected chi connectivity index (χ1v) is 6.09. The smallest absolute Gasteiger partial charge is 0.275 e. The highest BCUT2D eigenvalue weighted by atomic mass is 35.5. The summed E-state index contributed by atoms with van der Waals surface area (Å²) in [6, 6.07) is 7.48. The number of nitrogen functional groups attached to an aromatic ring is 1. The number of carbonyl (C=O) groups excluding carboxylic acids is 1. The predicted octanol–water partition coefficient (Wildman–Crippen LogP) is 2.72. The molecule has 1 aromatic carbocycles. The predicted molar refractivity (Wildman–Crippen MR) is 76.1 cm³/mol. The highest BCUT2D eigenvalue weighted by Crippen LogP contribution is 2.20. The van der Waals surface area contributed by atoms with Crippen LogP contribution in [0.2, 0.25) is 5.02 Å². The van der Waals surface area contributed by atoms with Gasteiger partial charge in [-0.3, -0.25) is 4.79 Å². The Balaban J connectivity index is 2.28. The number of nitrogens with one attached hydrogen (secondary N) is 2. The van der Waals surface area contributed by atoms with Gasteiger partial charge >= 0.3 is 0 Å². The molecule has 104 valence electrons. The normalized spacial score (nSPS) is 10.2. The maximum absolute atomic E-state index is 13.7. The zero-order chi connectivity index (χ0) is 14.7. The number of rotatable bonds is 3. The first-order chi connectivity index (χ1) is 9.51. The first-order valence-electron chi connectivity index (χ1n) is 5.72. The number of anilines is 2. The number of amides is 1. The van der Waals surface area contributed by atoms with E-state index in [1.165, 1.54) is 24.3 Å². The summed E-state index contributed by atoms with van der Waals surface area (Å²) in [5.41, 5.74) is 3.08. The van der Waals surface area contributed by atoms with E-state index in [9.17, 15) is 9.18 Å². The van der Waals surface area contributed by atoms with Gasteiger partial charge in [0.25, 0.3) is 5.91 Å². The van der Waals surface area contributed by atoms with Crippen LogP contribution in [0, 0.1) is 12.7 Å². The zero-order valence-corrected chi connectivity index (χ0v) is 11.3. The van der Waals surface area contributed by atoms with Crippen molar-refractivity contribution in [2.75, 3.05) is 10.7 Å². The molecule has 0 spiro atoms. The quantitative estimate of drug-likeness (QED) is 0.600. The molecule has 0 bridgehead atoms. The van der Waals surface area contributed by atoms with Crippen molar-refractivity contribution in [3.05, 3.63) is 52.4 Å². The topological polar surface area (TPSA) is 80.0 Å². The minimum Gasteiger partial charge on any atom is -0.318 e. The van der Waals surface area contributed by atoms with Crippen LogP contribution in [0.15, 0.2) is 30.3 Å². The maximum atomic E-state index is 13.7. The van der Waals surface area contributed by atoms with Crippen LogP contribution in [0.3, 0.4) is 0 Å². The van der Waals surface area contributed by atoms with Gasteiger partial charge in [0.05, 0.1) is 10.7 Å². The lowest BCUT2D eigenvalue weighted by molar-refractivity contribution is 0.102. The second-order valence-corrected chi connectivity index (χ2v) is 4.52. The molecule has 2 rings (SSSR count). The molecule has 0 fully saturated rings. The third kappa shape index (κ3) is 3.04. The van der Waals surface area contributed by atoms with Crippen molar-refractivity contribution in [1.82, 2.24) is 4.98 Å². The number of aromatic nitrogens is 1. The largest absolute Gasteiger partial charge is 0.318 e. The van der Waals surface area contributed by atoms with E-state index in [1.807, 2.05) is 0 Å². The Morgan fingerprint density at radius 1 is 1.35 bits per heavy atom. The molecule has 1 aromatic heterocycles. The van der Waals surface area contributed by atoms with Crippen LogP contribution >= 0.6 is 11.6 Å². The van der Waals surface area contributed by atoms with Crippen molar-refractivity contribution in [3.63, 3.8) is 0 Å². The number of nitrogens with zero attached hydrogens (tertiary/aromatic N) is 1. The molecule has 0 aliphatic carbocycles. The van der Waals surface area contributed by atoms with Crippen molar-refractivity contribution < 1.29 is 9.18 Å². The van der Waals surface area contributed by atoms with Crippen molar-refractivity contribution in [3.8, 4) is 0 Å². The molecule has 0 aliphatic heterocycles. The number of aryl methyl sites for hydroxylation is 1. The van der Waals surface area contributed by atoms with Gasteiger partial charge in [-0.15, -0.1) is 0 Å². The zero-order valence-electron chi connectivity index (χ0n) is 10.6. The van der Waals surface area contributed by atoms with E-state index in [0.29, 0.717) is 0 Å². The summed E-state index contributed by atoms with van der Waals surface area (Å²) >= 11 is 5.89. The number of pyridine rings is 1. The summed E-state index contributed by atoms with van der Waals surface area (Å²) in [5, 5.41) is 2.56. The Bertz CT molecular complexity index is 663. The monoisotopic (exact) mass is 294 g/mol. The summed E-state index contributed by atoms with van der Waals surface area (Å²) in [5.74, 6) is 4.36. The minimum absolute atomic E-state index is 0.0397. The van der Waals surface area contributed by atoms with E-state index in [2.05, 4.69) is 15.7 Å². The lowest BCUT2D eigenvalue weighted by Gasteiger charge is -2.09. The van der Waals surface area contributed by atoms with Crippen molar-refractivity contribution in [2.45, 2.75) is 6.92 Å². The molecule has 7 heteroatoms. The van der Waals surface area contributed by atoms with E-state index in [-0.39, 0.29) is 22.2 Å². The number of hydrogen-bond acceptors (Lipinski definition) is 4. The molecular formula is C13H12ClFN4O. The SMILES string of the molecule is Cc1ccc(NC(=O)c2nc(NN)ccc2Cl)c(F)c1. The summed E-state index contributed by atoms with van der Waals surface area (Å²) in [4.78, 5) is 16.0. The number of halogens is 2. The molecule has 0 saturated carbocycles. The van der Waals surface area contributed by atoms with E-state index >= 15 is 0 Å². The molecule has 2 aromatic rings. The highest BCUT2D eigenvalue weighted by Gasteiger charge is 2.15. The summed E-state index contributed by atoms with van der Waals surface area (Å²) in [6.07, 6.45) is 0. The van der Waals surface area contributed by atoms with E-state index in [4.69, 9.17) is 17.4 Å². The average Bonchev–Trinajstić information content (AvgIpc) is 2.42. The maximum Gasteiger partial charge on any atom is 0.275 e. The molecule has 0 unspecified atom stereocenters. The van der Waals surface area contributed by atoms with Gasteiger partial charge in [0.2, 0.25) is 0 Å². The number of hydrazine groups is 1. The number of benzene rings is 1. The molecule has 0 atom stereocenters. The third-order valence-corrected chi connectivity index (χ3v) is 2.89. The Morgan fingerprint density at radius 3 is 2.75 bits per heavy atom. The molecule has 1 heterocycles. The van der Waals surface area contributed by atoms with Crippen molar-refractivity contribution >= 4 is 29.0 Å².